The van der Waals surface area contributed by atoms with E-state index in [2.05, 4.69) is 20.5 Å². The molecule has 30 heavy (non-hydrogen) atoms. The summed E-state index contributed by atoms with van der Waals surface area (Å²) in [5, 5.41) is 10.6. The number of aryl methyl sites for hydroxylation is 1. The van der Waals surface area contributed by atoms with E-state index in [0.717, 1.165) is 17.3 Å². The third-order valence-corrected chi connectivity index (χ3v) is 5.75. The summed E-state index contributed by atoms with van der Waals surface area (Å²) in [6, 6.07) is 15.0. The number of carbonyl (C=O) groups is 1. The van der Waals surface area contributed by atoms with Gasteiger partial charge in [-0.3, -0.25) is 19.3 Å². The molecule has 0 atom stereocenters. The Morgan fingerprint density at radius 3 is 2.73 bits per heavy atom. The van der Waals surface area contributed by atoms with Crippen molar-refractivity contribution in [2.75, 3.05) is 5.75 Å². The SMILES string of the molecule is Cc1ccc(CNC(=O)CSc2nc3[nH]ncc3c(=O)n2-c2ccccc2Cl)cc1. The largest absolute Gasteiger partial charge is 0.351 e. The van der Waals surface area contributed by atoms with Crippen molar-refractivity contribution >= 4 is 40.3 Å². The van der Waals surface area contributed by atoms with Crippen LogP contribution in [0.1, 0.15) is 11.1 Å². The molecular formula is C21H18ClN5O2S. The predicted molar refractivity (Wildman–Crippen MR) is 118 cm³/mol. The highest BCUT2D eigenvalue weighted by Gasteiger charge is 2.17. The lowest BCUT2D eigenvalue weighted by molar-refractivity contribution is -0.118. The first kappa shape index (κ1) is 20.2. The van der Waals surface area contributed by atoms with Gasteiger partial charge in [0.1, 0.15) is 5.39 Å². The van der Waals surface area contributed by atoms with Crippen LogP contribution in [0.5, 0.6) is 0 Å². The van der Waals surface area contributed by atoms with Gasteiger partial charge in [-0.05, 0) is 24.6 Å². The van der Waals surface area contributed by atoms with Crippen LogP contribution in [0.15, 0.2) is 64.7 Å². The Hall–Kier alpha value is -3.10. The molecule has 4 aromatic rings. The van der Waals surface area contributed by atoms with Gasteiger partial charge in [0.05, 0.1) is 22.7 Å². The first-order valence-electron chi connectivity index (χ1n) is 9.19. The number of nitrogens with zero attached hydrogens (tertiary/aromatic N) is 3. The summed E-state index contributed by atoms with van der Waals surface area (Å²) in [6.45, 7) is 2.45. The van der Waals surface area contributed by atoms with E-state index < -0.39 is 0 Å². The highest BCUT2D eigenvalue weighted by atomic mass is 35.5. The minimum Gasteiger partial charge on any atom is -0.351 e. The van der Waals surface area contributed by atoms with Gasteiger partial charge in [0.2, 0.25) is 5.91 Å². The Kier molecular flexibility index (Phi) is 5.87. The highest BCUT2D eigenvalue weighted by Crippen LogP contribution is 2.25. The molecule has 2 N–H and O–H groups in total. The smallest absolute Gasteiger partial charge is 0.269 e. The molecule has 2 aromatic heterocycles. The molecule has 152 valence electrons. The summed E-state index contributed by atoms with van der Waals surface area (Å²) in [4.78, 5) is 29.9. The normalized spacial score (nSPS) is 11.0. The van der Waals surface area contributed by atoms with E-state index in [1.165, 1.54) is 16.3 Å². The Balaban J connectivity index is 1.57. The second-order valence-electron chi connectivity index (χ2n) is 6.67. The molecular weight excluding hydrogens is 422 g/mol. The lowest BCUT2D eigenvalue weighted by atomic mass is 10.1. The molecule has 9 heteroatoms. The molecule has 2 heterocycles. The Labute approximate surface area is 181 Å². The van der Waals surface area contributed by atoms with E-state index in [1.54, 1.807) is 24.3 Å². The van der Waals surface area contributed by atoms with Crippen LogP contribution in [-0.4, -0.2) is 31.4 Å². The molecule has 0 saturated heterocycles. The summed E-state index contributed by atoms with van der Waals surface area (Å²) >= 11 is 7.48. The Bertz CT molecular complexity index is 1270. The molecule has 0 aliphatic heterocycles. The molecule has 0 aliphatic rings. The van der Waals surface area contributed by atoms with Gasteiger partial charge in [-0.1, -0.05) is 65.3 Å². The number of para-hydroxylation sites is 1. The summed E-state index contributed by atoms with van der Waals surface area (Å²) in [6.07, 6.45) is 1.43. The van der Waals surface area contributed by atoms with Crippen LogP contribution in [0.4, 0.5) is 0 Å². The minimum absolute atomic E-state index is 0.0996. The van der Waals surface area contributed by atoms with Crippen LogP contribution < -0.4 is 10.9 Å². The highest BCUT2D eigenvalue weighted by molar-refractivity contribution is 7.99. The molecule has 2 aromatic carbocycles. The maximum Gasteiger partial charge on any atom is 0.269 e. The van der Waals surface area contributed by atoms with Gasteiger partial charge in [-0.15, -0.1) is 0 Å². The average Bonchev–Trinajstić information content (AvgIpc) is 3.22. The third-order valence-electron chi connectivity index (χ3n) is 4.49. The molecule has 4 rings (SSSR count). The van der Waals surface area contributed by atoms with Crippen LogP contribution in [-0.2, 0) is 11.3 Å². The standard InChI is InChI=1S/C21H18ClN5O2S/c1-13-6-8-14(9-7-13)10-23-18(28)12-30-21-25-19-15(11-24-26-19)20(29)27(21)17-5-3-2-4-16(17)22/h2-9,11H,10,12H2,1H3,(H,23,28)(H,24,26). The maximum atomic E-state index is 13.0. The van der Waals surface area contributed by atoms with Gasteiger partial charge in [-0.25, -0.2) is 4.98 Å². The molecule has 0 aliphatic carbocycles. The number of aromatic amines is 1. The number of aromatic nitrogens is 4. The molecule has 0 bridgehead atoms. The number of benzene rings is 2. The van der Waals surface area contributed by atoms with Crippen molar-refractivity contribution in [3.63, 3.8) is 0 Å². The van der Waals surface area contributed by atoms with E-state index in [0.29, 0.717) is 33.4 Å². The van der Waals surface area contributed by atoms with E-state index in [-0.39, 0.29) is 17.2 Å². The number of fused-ring (bicyclic) bond motifs is 1. The topological polar surface area (TPSA) is 92.7 Å². The van der Waals surface area contributed by atoms with Crippen LogP contribution in [0.3, 0.4) is 0 Å². The van der Waals surface area contributed by atoms with E-state index in [4.69, 9.17) is 11.6 Å². The fraction of sp³-hybridized carbons (Fsp3) is 0.143. The third kappa shape index (κ3) is 4.24. The van der Waals surface area contributed by atoms with E-state index in [9.17, 15) is 9.59 Å². The number of hydrogen-bond acceptors (Lipinski definition) is 5. The zero-order chi connectivity index (χ0) is 21.1. The molecule has 0 saturated carbocycles. The molecule has 1 amide bonds. The van der Waals surface area contributed by atoms with Crippen molar-refractivity contribution in [3.05, 3.63) is 81.2 Å². The Morgan fingerprint density at radius 1 is 1.20 bits per heavy atom. The lowest BCUT2D eigenvalue weighted by Crippen LogP contribution is -2.26. The summed E-state index contributed by atoms with van der Waals surface area (Å²) in [5.74, 6) is -0.0622. The molecule has 7 nitrogen and oxygen atoms in total. The molecule has 0 radical (unpaired) electrons. The van der Waals surface area contributed by atoms with Crippen molar-refractivity contribution in [2.24, 2.45) is 0 Å². The average molecular weight is 440 g/mol. The zero-order valence-electron chi connectivity index (χ0n) is 16.1. The first-order chi connectivity index (χ1) is 14.5. The van der Waals surface area contributed by atoms with Gasteiger partial charge >= 0.3 is 0 Å². The van der Waals surface area contributed by atoms with Crippen molar-refractivity contribution < 1.29 is 4.79 Å². The second-order valence-corrected chi connectivity index (χ2v) is 8.02. The predicted octanol–water partition coefficient (Wildman–Crippen LogP) is 3.48. The van der Waals surface area contributed by atoms with Crippen molar-refractivity contribution in [3.8, 4) is 5.69 Å². The van der Waals surface area contributed by atoms with Gasteiger partial charge in [-0.2, -0.15) is 5.10 Å². The fourth-order valence-electron chi connectivity index (χ4n) is 2.90. The number of H-pyrrole nitrogens is 1. The van der Waals surface area contributed by atoms with Gasteiger partial charge in [0.25, 0.3) is 5.56 Å². The number of nitrogens with one attached hydrogen (secondary N) is 2. The number of amides is 1. The number of halogens is 1. The van der Waals surface area contributed by atoms with Crippen LogP contribution in [0.25, 0.3) is 16.7 Å². The number of thioether (sulfide) groups is 1. The van der Waals surface area contributed by atoms with E-state index >= 15 is 0 Å². The number of rotatable bonds is 6. The zero-order valence-corrected chi connectivity index (χ0v) is 17.6. The van der Waals surface area contributed by atoms with Crippen LogP contribution >= 0.6 is 23.4 Å². The molecule has 0 spiro atoms. The van der Waals surface area contributed by atoms with Gasteiger partial charge in [0, 0.05) is 6.54 Å². The van der Waals surface area contributed by atoms with Gasteiger partial charge < -0.3 is 5.32 Å². The number of hydrogen-bond donors (Lipinski definition) is 2. The monoisotopic (exact) mass is 439 g/mol. The minimum atomic E-state index is -0.301. The van der Waals surface area contributed by atoms with Gasteiger partial charge in [0.15, 0.2) is 10.8 Å². The lowest BCUT2D eigenvalue weighted by Gasteiger charge is -2.13. The molecule has 0 fully saturated rings. The summed E-state index contributed by atoms with van der Waals surface area (Å²) in [7, 11) is 0. The van der Waals surface area contributed by atoms with E-state index in [1.807, 2.05) is 31.2 Å². The van der Waals surface area contributed by atoms with Crippen molar-refractivity contribution in [2.45, 2.75) is 18.6 Å². The van der Waals surface area contributed by atoms with Crippen molar-refractivity contribution in [1.82, 2.24) is 25.1 Å². The van der Waals surface area contributed by atoms with Crippen molar-refractivity contribution in [1.29, 1.82) is 0 Å². The molecule has 0 unspecified atom stereocenters. The maximum absolute atomic E-state index is 13.0. The summed E-state index contributed by atoms with van der Waals surface area (Å²) < 4.78 is 1.41. The Morgan fingerprint density at radius 2 is 1.97 bits per heavy atom. The quantitative estimate of drug-likeness (QED) is 0.354. The summed E-state index contributed by atoms with van der Waals surface area (Å²) in [5.41, 5.74) is 2.75. The second kappa shape index (κ2) is 8.73. The first-order valence-corrected chi connectivity index (χ1v) is 10.6. The fourth-order valence-corrected chi connectivity index (χ4v) is 3.95. The van der Waals surface area contributed by atoms with Crippen LogP contribution in [0.2, 0.25) is 5.02 Å². The number of carbonyl (C=O) groups excluding carboxylic acids is 1. The van der Waals surface area contributed by atoms with Crippen LogP contribution in [0, 0.1) is 6.92 Å².